The molecular formula is C23H34IN5O. The molecule has 2 heterocycles. The number of ether oxygens (including phenoxy) is 1. The Morgan fingerprint density at radius 2 is 1.77 bits per heavy atom. The topological polar surface area (TPSA) is 61.8 Å². The van der Waals surface area contributed by atoms with E-state index in [1.807, 2.05) is 24.4 Å². The van der Waals surface area contributed by atoms with E-state index in [9.17, 15) is 0 Å². The van der Waals surface area contributed by atoms with Gasteiger partial charge in [0.15, 0.2) is 5.96 Å². The van der Waals surface area contributed by atoms with Crippen LogP contribution >= 0.6 is 24.0 Å². The number of pyridine rings is 1. The molecule has 0 aliphatic carbocycles. The first kappa shape index (κ1) is 24.2. The number of para-hydroxylation sites is 1. The van der Waals surface area contributed by atoms with Crippen molar-refractivity contribution >= 4 is 35.8 Å². The minimum Gasteiger partial charge on any atom is -0.488 e. The molecule has 7 heteroatoms. The number of benzene rings is 1. The molecule has 1 fully saturated rings. The van der Waals surface area contributed by atoms with Crippen LogP contribution in [0.2, 0.25) is 0 Å². The fourth-order valence-electron chi connectivity index (χ4n) is 3.32. The molecule has 0 atom stereocenters. The molecule has 164 valence electrons. The van der Waals surface area contributed by atoms with Crippen LogP contribution in [0.15, 0.2) is 47.6 Å². The molecule has 1 aromatic carbocycles. The van der Waals surface area contributed by atoms with Crippen molar-refractivity contribution < 1.29 is 4.74 Å². The van der Waals surface area contributed by atoms with E-state index in [1.165, 1.54) is 12.8 Å². The van der Waals surface area contributed by atoms with E-state index in [2.05, 4.69) is 64.5 Å². The SMILES string of the molecule is CN=C(NCc1ccc(N2CCCC2)nc1)NCc1ccccc1OC(C)(C)C.I. The summed E-state index contributed by atoms with van der Waals surface area (Å²) >= 11 is 0. The lowest BCUT2D eigenvalue weighted by Gasteiger charge is -2.23. The van der Waals surface area contributed by atoms with Crippen LogP contribution in [0.4, 0.5) is 5.82 Å². The molecule has 3 rings (SSSR count). The third-order valence-corrected chi connectivity index (χ3v) is 4.76. The number of aliphatic imine (C=N–C) groups is 1. The van der Waals surface area contributed by atoms with Gasteiger partial charge >= 0.3 is 0 Å². The number of hydrogen-bond acceptors (Lipinski definition) is 4. The highest BCUT2D eigenvalue weighted by Gasteiger charge is 2.15. The normalized spacial score (nSPS) is 14.3. The predicted octanol–water partition coefficient (Wildman–Crippen LogP) is 4.34. The van der Waals surface area contributed by atoms with Gasteiger partial charge in [-0.05, 0) is 51.3 Å². The Balaban J connectivity index is 0.00000320. The second-order valence-corrected chi connectivity index (χ2v) is 8.32. The zero-order valence-corrected chi connectivity index (χ0v) is 20.8. The van der Waals surface area contributed by atoms with E-state index < -0.39 is 0 Å². The van der Waals surface area contributed by atoms with Gasteiger partial charge in [-0.15, -0.1) is 24.0 Å². The van der Waals surface area contributed by atoms with Crippen molar-refractivity contribution in [3.05, 3.63) is 53.7 Å². The van der Waals surface area contributed by atoms with Crippen LogP contribution in [0.5, 0.6) is 5.75 Å². The van der Waals surface area contributed by atoms with Crippen molar-refractivity contribution in [2.75, 3.05) is 25.0 Å². The second-order valence-electron chi connectivity index (χ2n) is 8.32. The Hall–Kier alpha value is -2.03. The predicted molar refractivity (Wildman–Crippen MR) is 135 cm³/mol. The highest BCUT2D eigenvalue weighted by Crippen LogP contribution is 2.23. The van der Waals surface area contributed by atoms with Crippen LogP contribution in [0.3, 0.4) is 0 Å². The second kappa shape index (κ2) is 11.4. The van der Waals surface area contributed by atoms with Crippen LogP contribution in [-0.4, -0.2) is 36.7 Å². The van der Waals surface area contributed by atoms with Crippen molar-refractivity contribution in [2.24, 2.45) is 4.99 Å². The quantitative estimate of drug-likeness (QED) is 0.335. The maximum Gasteiger partial charge on any atom is 0.191 e. The average molecular weight is 523 g/mol. The highest BCUT2D eigenvalue weighted by molar-refractivity contribution is 14.0. The molecule has 30 heavy (non-hydrogen) atoms. The van der Waals surface area contributed by atoms with Crippen molar-refractivity contribution in [3.8, 4) is 5.75 Å². The molecule has 0 radical (unpaired) electrons. The number of nitrogens with one attached hydrogen (secondary N) is 2. The van der Waals surface area contributed by atoms with Gasteiger partial charge in [-0.3, -0.25) is 4.99 Å². The van der Waals surface area contributed by atoms with Crippen LogP contribution in [0, 0.1) is 0 Å². The molecule has 1 saturated heterocycles. The molecule has 2 aromatic rings. The summed E-state index contributed by atoms with van der Waals surface area (Å²) < 4.78 is 6.07. The smallest absolute Gasteiger partial charge is 0.191 e. The van der Waals surface area contributed by atoms with E-state index in [0.29, 0.717) is 13.1 Å². The van der Waals surface area contributed by atoms with Crippen molar-refractivity contribution in [3.63, 3.8) is 0 Å². The Morgan fingerprint density at radius 3 is 2.40 bits per heavy atom. The van der Waals surface area contributed by atoms with E-state index in [4.69, 9.17) is 4.74 Å². The van der Waals surface area contributed by atoms with Gasteiger partial charge in [-0.25, -0.2) is 4.98 Å². The zero-order chi connectivity index (χ0) is 20.7. The number of anilines is 1. The van der Waals surface area contributed by atoms with Gasteiger partial charge in [-0.2, -0.15) is 0 Å². The molecule has 0 amide bonds. The minimum atomic E-state index is -0.232. The first-order valence-electron chi connectivity index (χ1n) is 10.4. The minimum absolute atomic E-state index is 0. The fourth-order valence-corrected chi connectivity index (χ4v) is 3.32. The van der Waals surface area contributed by atoms with Gasteiger partial charge < -0.3 is 20.3 Å². The Bertz CT molecular complexity index is 811. The van der Waals surface area contributed by atoms with Crippen molar-refractivity contribution in [1.29, 1.82) is 0 Å². The molecule has 1 aliphatic rings. The molecule has 0 saturated carbocycles. The number of rotatable bonds is 6. The number of nitrogens with zero attached hydrogens (tertiary/aromatic N) is 3. The lowest BCUT2D eigenvalue weighted by atomic mass is 10.1. The summed E-state index contributed by atoms with van der Waals surface area (Å²) in [5.74, 6) is 2.72. The van der Waals surface area contributed by atoms with Crippen molar-refractivity contribution in [2.45, 2.75) is 52.3 Å². The summed E-state index contributed by atoms with van der Waals surface area (Å²) in [7, 11) is 1.78. The summed E-state index contributed by atoms with van der Waals surface area (Å²) in [6.07, 6.45) is 4.47. The zero-order valence-electron chi connectivity index (χ0n) is 18.4. The molecule has 6 nitrogen and oxygen atoms in total. The summed E-state index contributed by atoms with van der Waals surface area (Å²) in [4.78, 5) is 11.3. The maximum atomic E-state index is 6.07. The third kappa shape index (κ3) is 7.34. The van der Waals surface area contributed by atoms with Crippen LogP contribution in [-0.2, 0) is 13.1 Å². The molecular weight excluding hydrogens is 489 g/mol. The van der Waals surface area contributed by atoms with E-state index >= 15 is 0 Å². The van der Waals surface area contributed by atoms with Gasteiger partial charge in [0.1, 0.15) is 17.2 Å². The number of guanidine groups is 1. The summed E-state index contributed by atoms with van der Waals surface area (Å²) in [6.45, 7) is 9.70. The van der Waals surface area contributed by atoms with E-state index in [-0.39, 0.29) is 29.6 Å². The van der Waals surface area contributed by atoms with Gasteiger partial charge in [0.25, 0.3) is 0 Å². The lowest BCUT2D eigenvalue weighted by Crippen LogP contribution is -2.36. The largest absolute Gasteiger partial charge is 0.488 e. The molecule has 2 N–H and O–H groups in total. The maximum absolute atomic E-state index is 6.07. The summed E-state index contributed by atoms with van der Waals surface area (Å²) in [5, 5.41) is 6.73. The summed E-state index contributed by atoms with van der Waals surface area (Å²) in [6, 6.07) is 12.3. The van der Waals surface area contributed by atoms with Gasteiger partial charge in [-0.1, -0.05) is 24.3 Å². The highest BCUT2D eigenvalue weighted by atomic mass is 127. The fraction of sp³-hybridized carbons (Fsp3) is 0.478. The average Bonchev–Trinajstić information content (AvgIpc) is 3.23. The lowest BCUT2D eigenvalue weighted by molar-refractivity contribution is 0.129. The van der Waals surface area contributed by atoms with E-state index in [1.54, 1.807) is 7.05 Å². The molecule has 0 spiro atoms. The van der Waals surface area contributed by atoms with Crippen molar-refractivity contribution in [1.82, 2.24) is 15.6 Å². The number of aromatic nitrogens is 1. The standard InChI is InChI=1S/C23H33N5O.HI/c1-23(2,3)29-20-10-6-5-9-19(20)17-27-22(24-4)26-16-18-11-12-21(25-15-18)28-13-7-8-14-28;/h5-6,9-12,15H,7-8,13-14,16-17H2,1-4H3,(H2,24,26,27);1H. The monoisotopic (exact) mass is 523 g/mol. The van der Waals surface area contributed by atoms with Gasteiger partial charge in [0.2, 0.25) is 0 Å². The Kier molecular flexibility index (Phi) is 9.20. The third-order valence-electron chi connectivity index (χ3n) is 4.76. The van der Waals surface area contributed by atoms with Crippen LogP contribution in [0.1, 0.15) is 44.7 Å². The Morgan fingerprint density at radius 1 is 1.07 bits per heavy atom. The number of halogens is 1. The number of hydrogen-bond donors (Lipinski definition) is 2. The van der Waals surface area contributed by atoms with Crippen LogP contribution in [0.25, 0.3) is 0 Å². The Labute approximate surface area is 197 Å². The molecule has 1 aromatic heterocycles. The van der Waals surface area contributed by atoms with Crippen LogP contribution < -0.4 is 20.3 Å². The van der Waals surface area contributed by atoms with Gasteiger partial charge in [0, 0.05) is 45.0 Å². The van der Waals surface area contributed by atoms with E-state index in [0.717, 1.165) is 41.7 Å². The first-order valence-corrected chi connectivity index (χ1v) is 10.4. The summed E-state index contributed by atoms with van der Waals surface area (Å²) in [5.41, 5.74) is 2.00. The first-order chi connectivity index (χ1) is 13.9. The van der Waals surface area contributed by atoms with Gasteiger partial charge in [0.05, 0.1) is 0 Å². The molecule has 0 unspecified atom stereocenters. The molecule has 1 aliphatic heterocycles. The molecule has 0 bridgehead atoms.